The summed E-state index contributed by atoms with van der Waals surface area (Å²) in [5.41, 5.74) is 0.710. The highest BCUT2D eigenvalue weighted by Gasteiger charge is 2.46. The first-order valence-electron chi connectivity index (χ1n) is 11.8. The summed E-state index contributed by atoms with van der Waals surface area (Å²) in [5.74, 6) is 0.423. The minimum atomic E-state index is -0.474. The number of pyridine rings is 1. The molecule has 3 aromatic rings. The Balaban J connectivity index is 1.11. The Labute approximate surface area is 204 Å². The van der Waals surface area contributed by atoms with Crippen molar-refractivity contribution >= 4 is 34.7 Å². The molecule has 36 heavy (non-hydrogen) atoms. The SMILES string of the molecule is O=C1COc2ccc(N3C(=O)O[C@@H]4C[C@@H](NCCn5c(=O)cnc6ccc(F)cc65)CC[C@@H]43)nc2N1. The Kier molecular flexibility index (Phi) is 5.52. The van der Waals surface area contributed by atoms with Gasteiger partial charge < -0.3 is 24.7 Å². The van der Waals surface area contributed by atoms with Crippen molar-refractivity contribution in [2.75, 3.05) is 23.4 Å². The summed E-state index contributed by atoms with van der Waals surface area (Å²) in [6.45, 7) is 0.772. The number of carbonyl (C=O) groups excluding carboxylic acids is 2. The third-order valence-corrected chi connectivity index (χ3v) is 6.82. The van der Waals surface area contributed by atoms with E-state index in [9.17, 15) is 18.8 Å². The van der Waals surface area contributed by atoms with Gasteiger partial charge in [-0.3, -0.25) is 14.5 Å². The second-order valence-electron chi connectivity index (χ2n) is 9.06. The lowest BCUT2D eigenvalue weighted by Gasteiger charge is -2.33. The number of benzene rings is 1. The van der Waals surface area contributed by atoms with Crippen molar-refractivity contribution in [2.24, 2.45) is 0 Å². The molecule has 3 aliphatic rings. The molecule has 1 aliphatic carbocycles. The molecular weight excluding hydrogens is 471 g/mol. The van der Waals surface area contributed by atoms with E-state index in [0.29, 0.717) is 48.5 Å². The van der Waals surface area contributed by atoms with Crippen molar-refractivity contribution in [2.45, 2.75) is 44.0 Å². The fraction of sp³-hybridized carbons (Fsp3) is 0.375. The zero-order valence-electron chi connectivity index (χ0n) is 19.1. The van der Waals surface area contributed by atoms with Crippen molar-refractivity contribution in [3.8, 4) is 5.75 Å². The molecule has 2 fully saturated rings. The third kappa shape index (κ3) is 4.02. The van der Waals surface area contributed by atoms with Gasteiger partial charge in [0.05, 0.1) is 23.3 Å². The topological polar surface area (TPSA) is 128 Å². The molecule has 0 unspecified atom stereocenters. The van der Waals surface area contributed by atoms with Crippen LogP contribution < -0.4 is 25.8 Å². The van der Waals surface area contributed by atoms with Gasteiger partial charge >= 0.3 is 6.09 Å². The number of carbonyl (C=O) groups is 2. The first-order valence-corrected chi connectivity index (χ1v) is 11.8. The number of fused-ring (bicyclic) bond motifs is 3. The second-order valence-corrected chi connectivity index (χ2v) is 9.06. The molecular formula is C24H23FN6O5. The number of anilines is 2. The summed E-state index contributed by atoms with van der Waals surface area (Å²) in [6, 6.07) is 7.46. The summed E-state index contributed by atoms with van der Waals surface area (Å²) in [6.07, 6.45) is 2.55. The summed E-state index contributed by atoms with van der Waals surface area (Å²) in [7, 11) is 0. The van der Waals surface area contributed by atoms with Crippen LogP contribution in [0.1, 0.15) is 19.3 Å². The average molecular weight is 494 g/mol. The molecule has 0 spiro atoms. The lowest BCUT2D eigenvalue weighted by Crippen LogP contribution is -2.46. The predicted octanol–water partition coefficient (Wildman–Crippen LogP) is 1.80. The van der Waals surface area contributed by atoms with Gasteiger partial charge in [0.2, 0.25) is 0 Å². The van der Waals surface area contributed by atoms with E-state index in [2.05, 4.69) is 20.6 Å². The maximum Gasteiger partial charge on any atom is 0.416 e. The molecule has 11 nitrogen and oxygen atoms in total. The highest BCUT2D eigenvalue weighted by Crippen LogP contribution is 2.37. The Morgan fingerprint density at radius 1 is 1.17 bits per heavy atom. The molecule has 4 heterocycles. The molecule has 2 N–H and O–H groups in total. The van der Waals surface area contributed by atoms with Gasteiger partial charge in [-0.2, -0.15) is 0 Å². The fourth-order valence-corrected chi connectivity index (χ4v) is 5.14. The van der Waals surface area contributed by atoms with E-state index in [1.165, 1.54) is 22.9 Å². The summed E-state index contributed by atoms with van der Waals surface area (Å²) in [5, 5.41) is 6.10. The number of rotatable bonds is 5. The van der Waals surface area contributed by atoms with Gasteiger partial charge in [0.15, 0.2) is 18.2 Å². The first-order chi connectivity index (χ1) is 17.5. The Hall–Kier alpha value is -4.06. The van der Waals surface area contributed by atoms with Crippen LogP contribution in [0.25, 0.3) is 11.0 Å². The molecule has 0 radical (unpaired) electrons. The molecule has 0 bridgehead atoms. The van der Waals surface area contributed by atoms with Crippen molar-refractivity contribution in [1.82, 2.24) is 19.9 Å². The molecule has 6 rings (SSSR count). The number of halogens is 1. The van der Waals surface area contributed by atoms with Crippen LogP contribution in [0.3, 0.4) is 0 Å². The number of aromatic nitrogens is 3. The van der Waals surface area contributed by atoms with Crippen molar-refractivity contribution < 1.29 is 23.5 Å². The lowest BCUT2D eigenvalue weighted by atomic mass is 9.88. The number of nitrogens with one attached hydrogen (secondary N) is 2. The second kappa shape index (κ2) is 8.86. The van der Waals surface area contributed by atoms with Crippen molar-refractivity contribution in [3.05, 3.63) is 52.7 Å². The van der Waals surface area contributed by atoms with E-state index in [4.69, 9.17) is 9.47 Å². The smallest absolute Gasteiger partial charge is 0.416 e. The third-order valence-electron chi connectivity index (χ3n) is 6.82. The van der Waals surface area contributed by atoms with E-state index in [-0.39, 0.29) is 42.1 Å². The van der Waals surface area contributed by atoms with Gasteiger partial charge in [-0.1, -0.05) is 0 Å². The Bertz CT molecular complexity index is 1430. The highest BCUT2D eigenvalue weighted by molar-refractivity contribution is 5.95. The largest absolute Gasteiger partial charge is 0.480 e. The van der Waals surface area contributed by atoms with Crippen LogP contribution in [0.2, 0.25) is 0 Å². The zero-order valence-corrected chi connectivity index (χ0v) is 19.1. The standard InChI is InChI=1S/C24H23FN6O5/c25-13-1-3-15-17(9-13)30(22(33)11-27-15)8-7-26-14-2-4-16-19(10-14)36-24(34)31(16)20-6-5-18-23(28-20)29-21(32)12-35-18/h1,3,5-6,9,11,14,16,19,26H,2,4,7-8,10,12H2,(H,28,29,32)/t14-,16-,19+/m0/s1. The minimum absolute atomic E-state index is 0.0677. The van der Waals surface area contributed by atoms with Gasteiger partial charge in [0, 0.05) is 25.6 Å². The molecule has 2 aliphatic heterocycles. The van der Waals surface area contributed by atoms with Gasteiger partial charge in [0.25, 0.3) is 11.5 Å². The predicted molar refractivity (Wildman–Crippen MR) is 127 cm³/mol. The van der Waals surface area contributed by atoms with E-state index < -0.39 is 11.9 Å². The molecule has 186 valence electrons. The molecule has 1 saturated carbocycles. The van der Waals surface area contributed by atoms with Crippen molar-refractivity contribution in [1.29, 1.82) is 0 Å². The Morgan fingerprint density at radius 3 is 2.94 bits per heavy atom. The van der Waals surface area contributed by atoms with Crippen LogP contribution in [0.15, 0.2) is 41.3 Å². The summed E-state index contributed by atoms with van der Waals surface area (Å²) < 4.78 is 26.3. The van der Waals surface area contributed by atoms with Crippen LogP contribution >= 0.6 is 0 Å². The summed E-state index contributed by atoms with van der Waals surface area (Å²) in [4.78, 5) is 46.7. The van der Waals surface area contributed by atoms with Crippen LogP contribution in [0, 0.1) is 5.82 Å². The molecule has 1 saturated heterocycles. The quantitative estimate of drug-likeness (QED) is 0.550. The maximum absolute atomic E-state index is 13.7. The van der Waals surface area contributed by atoms with E-state index in [1.807, 2.05) is 0 Å². The van der Waals surface area contributed by atoms with Gasteiger partial charge in [-0.05, 0) is 43.2 Å². The molecule has 3 atom stereocenters. The number of hydrogen-bond acceptors (Lipinski definition) is 8. The van der Waals surface area contributed by atoms with E-state index in [0.717, 1.165) is 6.42 Å². The lowest BCUT2D eigenvalue weighted by molar-refractivity contribution is -0.118. The normalized spacial score (nSPS) is 23.0. The van der Waals surface area contributed by atoms with E-state index >= 15 is 0 Å². The number of hydrogen-bond donors (Lipinski definition) is 2. The molecule has 12 heteroatoms. The van der Waals surface area contributed by atoms with Gasteiger partial charge in [-0.25, -0.2) is 19.2 Å². The summed E-state index contributed by atoms with van der Waals surface area (Å²) >= 11 is 0. The number of ether oxygens (including phenoxy) is 2. The molecule has 1 aromatic carbocycles. The number of amides is 2. The fourth-order valence-electron chi connectivity index (χ4n) is 5.14. The van der Waals surface area contributed by atoms with Gasteiger partial charge in [0.1, 0.15) is 17.7 Å². The monoisotopic (exact) mass is 494 g/mol. The maximum atomic E-state index is 13.7. The number of nitrogens with zero attached hydrogens (tertiary/aromatic N) is 4. The minimum Gasteiger partial charge on any atom is -0.480 e. The van der Waals surface area contributed by atoms with Crippen LogP contribution in [0.5, 0.6) is 5.75 Å². The average Bonchev–Trinajstić information content (AvgIpc) is 3.19. The highest BCUT2D eigenvalue weighted by atomic mass is 19.1. The van der Waals surface area contributed by atoms with Gasteiger partial charge in [-0.15, -0.1) is 0 Å². The molecule has 2 amide bonds. The van der Waals surface area contributed by atoms with E-state index in [1.54, 1.807) is 23.1 Å². The van der Waals surface area contributed by atoms with Crippen LogP contribution in [0.4, 0.5) is 20.8 Å². The van der Waals surface area contributed by atoms with Crippen molar-refractivity contribution in [3.63, 3.8) is 0 Å². The van der Waals surface area contributed by atoms with Crippen LogP contribution in [-0.2, 0) is 16.1 Å². The van der Waals surface area contributed by atoms with Crippen LogP contribution in [-0.4, -0.2) is 57.9 Å². The Morgan fingerprint density at radius 2 is 2.06 bits per heavy atom. The zero-order chi connectivity index (χ0) is 24.8. The molecule has 2 aromatic heterocycles. The first kappa shape index (κ1) is 22.4.